The lowest BCUT2D eigenvalue weighted by molar-refractivity contribution is 0.102. The van der Waals surface area contributed by atoms with E-state index in [0.29, 0.717) is 34.8 Å². The Morgan fingerprint density at radius 2 is 2.32 bits per heavy atom. The van der Waals surface area contributed by atoms with Gasteiger partial charge in [0.15, 0.2) is 11.5 Å². The van der Waals surface area contributed by atoms with E-state index < -0.39 is 5.91 Å². The summed E-state index contributed by atoms with van der Waals surface area (Å²) in [7, 11) is 2.09. The molecule has 1 aliphatic rings. The molecule has 4 rings (SSSR count). The lowest BCUT2D eigenvalue weighted by Crippen LogP contribution is -2.30. The Balaban J connectivity index is 1.55. The van der Waals surface area contributed by atoms with Crippen LogP contribution in [0, 0.1) is 0 Å². The number of rotatable bonds is 5. The summed E-state index contributed by atoms with van der Waals surface area (Å²) in [4.78, 5) is 23.4. The number of fused-ring (bicyclic) bond motifs is 1. The first-order valence-electron chi connectivity index (χ1n) is 8.90. The molecule has 0 bridgehead atoms. The van der Waals surface area contributed by atoms with Crippen LogP contribution >= 0.6 is 11.6 Å². The number of ether oxygens (including phenoxy) is 1. The molecule has 10 heteroatoms. The second kappa shape index (κ2) is 7.61. The SMILES string of the molecule is CN1CCC[C@@H]1COc1ccncc1NC(=O)c1c(N)nn2cc(Cl)cnc12. The number of hydrogen-bond acceptors (Lipinski definition) is 7. The highest BCUT2D eigenvalue weighted by atomic mass is 35.5. The number of halogens is 1. The van der Waals surface area contributed by atoms with Crippen molar-refractivity contribution >= 4 is 34.7 Å². The van der Waals surface area contributed by atoms with Gasteiger partial charge in [0, 0.05) is 24.5 Å². The van der Waals surface area contributed by atoms with Crippen molar-refractivity contribution in [3.63, 3.8) is 0 Å². The Bertz CT molecular complexity index is 1020. The molecular formula is C18H20ClN7O2. The maximum absolute atomic E-state index is 12.9. The summed E-state index contributed by atoms with van der Waals surface area (Å²) in [6.07, 6.45) is 8.39. The van der Waals surface area contributed by atoms with E-state index in [-0.39, 0.29) is 11.4 Å². The second-order valence-electron chi connectivity index (χ2n) is 6.71. The Morgan fingerprint density at radius 3 is 3.11 bits per heavy atom. The predicted octanol–water partition coefficient (Wildman–Crippen LogP) is 2.09. The van der Waals surface area contributed by atoms with Crippen molar-refractivity contribution in [2.45, 2.75) is 18.9 Å². The molecule has 0 saturated carbocycles. The molecule has 1 aliphatic heterocycles. The number of amides is 1. The van der Waals surface area contributed by atoms with Gasteiger partial charge in [-0.3, -0.25) is 9.78 Å². The third kappa shape index (κ3) is 3.58. The topological polar surface area (TPSA) is 111 Å². The fraction of sp³-hybridized carbons (Fsp3) is 0.333. The van der Waals surface area contributed by atoms with Gasteiger partial charge in [0.25, 0.3) is 5.91 Å². The number of carbonyl (C=O) groups excluding carboxylic acids is 1. The largest absolute Gasteiger partial charge is 0.490 e. The Labute approximate surface area is 166 Å². The molecule has 0 unspecified atom stereocenters. The first-order valence-corrected chi connectivity index (χ1v) is 9.28. The zero-order chi connectivity index (χ0) is 19.7. The summed E-state index contributed by atoms with van der Waals surface area (Å²) in [5.41, 5.74) is 6.87. The van der Waals surface area contributed by atoms with Gasteiger partial charge in [0.2, 0.25) is 0 Å². The molecule has 1 saturated heterocycles. The van der Waals surface area contributed by atoms with Crippen molar-refractivity contribution < 1.29 is 9.53 Å². The molecule has 1 atom stereocenters. The molecule has 4 heterocycles. The third-order valence-electron chi connectivity index (χ3n) is 4.83. The standard InChI is InChI=1S/C18H20ClN7O2/c1-25-6-2-3-12(25)10-28-14-4-5-21-8-13(14)23-18(27)15-16(20)24-26-9-11(19)7-22-17(15)26/h4-5,7-9,12H,2-3,6,10H2,1H3,(H2,20,24)(H,23,27)/t12-/m1/s1. The van der Waals surface area contributed by atoms with Gasteiger partial charge in [-0.1, -0.05) is 11.6 Å². The molecular weight excluding hydrogens is 382 g/mol. The van der Waals surface area contributed by atoms with Crippen molar-refractivity contribution in [3.05, 3.63) is 41.4 Å². The highest BCUT2D eigenvalue weighted by molar-refractivity contribution is 6.30. The smallest absolute Gasteiger partial charge is 0.263 e. The number of aromatic nitrogens is 4. The van der Waals surface area contributed by atoms with Crippen LogP contribution in [0.3, 0.4) is 0 Å². The summed E-state index contributed by atoms with van der Waals surface area (Å²) in [5, 5.41) is 7.28. The minimum Gasteiger partial charge on any atom is -0.490 e. The number of nitrogens with zero attached hydrogens (tertiary/aromatic N) is 5. The van der Waals surface area contributed by atoms with E-state index in [0.717, 1.165) is 19.4 Å². The Hall–Kier alpha value is -2.91. The summed E-state index contributed by atoms with van der Waals surface area (Å²) < 4.78 is 7.34. The molecule has 3 aromatic rings. The second-order valence-corrected chi connectivity index (χ2v) is 7.15. The van der Waals surface area contributed by atoms with E-state index >= 15 is 0 Å². The maximum Gasteiger partial charge on any atom is 0.263 e. The van der Waals surface area contributed by atoms with E-state index in [9.17, 15) is 4.79 Å². The van der Waals surface area contributed by atoms with Crippen LogP contribution in [0.1, 0.15) is 23.2 Å². The zero-order valence-electron chi connectivity index (χ0n) is 15.3. The third-order valence-corrected chi connectivity index (χ3v) is 5.02. The van der Waals surface area contributed by atoms with Crippen molar-refractivity contribution in [3.8, 4) is 5.75 Å². The fourth-order valence-corrected chi connectivity index (χ4v) is 3.45. The molecule has 0 aliphatic carbocycles. The van der Waals surface area contributed by atoms with Crippen LogP contribution in [-0.2, 0) is 0 Å². The lowest BCUT2D eigenvalue weighted by atomic mass is 10.2. The van der Waals surface area contributed by atoms with Crippen LogP contribution in [0.2, 0.25) is 5.02 Å². The first-order chi connectivity index (χ1) is 13.5. The average Bonchev–Trinajstić information content (AvgIpc) is 3.22. The highest BCUT2D eigenvalue weighted by Gasteiger charge is 2.23. The number of carbonyl (C=O) groups is 1. The van der Waals surface area contributed by atoms with Crippen LogP contribution < -0.4 is 15.8 Å². The minimum atomic E-state index is -0.446. The summed E-state index contributed by atoms with van der Waals surface area (Å²) in [5.74, 6) is 0.166. The Morgan fingerprint density at radius 1 is 1.46 bits per heavy atom. The van der Waals surface area contributed by atoms with Gasteiger partial charge in [-0.25, -0.2) is 9.50 Å². The van der Waals surface area contributed by atoms with Crippen molar-refractivity contribution in [2.75, 3.05) is 31.2 Å². The molecule has 0 radical (unpaired) electrons. The Kier molecular flexibility index (Phi) is 5.01. The van der Waals surface area contributed by atoms with Crippen LogP contribution in [0.5, 0.6) is 5.75 Å². The quantitative estimate of drug-likeness (QED) is 0.673. The number of hydrogen-bond donors (Lipinski definition) is 2. The number of nitrogen functional groups attached to an aromatic ring is 1. The molecule has 0 aromatic carbocycles. The van der Waals surface area contributed by atoms with Gasteiger partial charge in [0.1, 0.15) is 23.6 Å². The molecule has 28 heavy (non-hydrogen) atoms. The van der Waals surface area contributed by atoms with Gasteiger partial charge in [0.05, 0.1) is 17.4 Å². The summed E-state index contributed by atoms with van der Waals surface area (Å²) in [6.45, 7) is 1.61. The van der Waals surface area contributed by atoms with Crippen LogP contribution in [0.4, 0.5) is 11.5 Å². The van der Waals surface area contributed by atoms with Gasteiger partial charge in [-0.05, 0) is 26.4 Å². The molecule has 9 nitrogen and oxygen atoms in total. The van der Waals surface area contributed by atoms with Crippen LogP contribution in [0.25, 0.3) is 5.65 Å². The number of likely N-dealkylation sites (tertiary alicyclic amines) is 1. The van der Waals surface area contributed by atoms with Crippen molar-refractivity contribution in [1.29, 1.82) is 0 Å². The lowest BCUT2D eigenvalue weighted by Gasteiger charge is -2.20. The molecule has 3 aromatic heterocycles. The number of pyridine rings is 1. The number of nitrogens with two attached hydrogens (primary N) is 1. The first kappa shape index (κ1) is 18.5. The van der Waals surface area contributed by atoms with Crippen molar-refractivity contribution in [2.24, 2.45) is 0 Å². The van der Waals surface area contributed by atoms with Gasteiger partial charge in [-0.2, -0.15) is 0 Å². The average molecular weight is 402 g/mol. The van der Waals surface area contributed by atoms with E-state index in [1.807, 2.05) is 0 Å². The molecule has 146 valence electrons. The molecule has 1 fully saturated rings. The van der Waals surface area contributed by atoms with Crippen LogP contribution in [0.15, 0.2) is 30.9 Å². The summed E-state index contributed by atoms with van der Waals surface area (Å²) >= 11 is 5.92. The van der Waals surface area contributed by atoms with Gasteiger partial charge < -0.3 is 20.7 Å². The molecule has 0 spiro atoms. The fourth-order valence-electron chi connectivity index (χ4n) is 3.31. The van der Waals surface area contributed by atoms with Gasteiger partial charge in [-0.15, -0.1) is 5.10 Å². The number of likely N-dealkylation sites (N-methyl/N-ethyl adjacent to an activating group) is 1. The van der Waals surface area contributed by atoms with Crippen LogP contribution in [-0.4, -0.2) is 56.6 Å². The van der Waals surface area contributed by atoms with Gasteiger partial charge >= 0.3 is 0 Å². The number of nitrogens with one attached hydrogen (secondary N) is 1. The maximum atomic E-state index is 12.9. The zero-order valence-corrected chi connectivity index (χ0v) is 16.1. The number of anilines is 2. The molecule has 1 amide bonds. The predicted molar refractivity (Wildman–Crippen MR) is 106 cm³/mol. The normalized spacial score (nSPS) is 17.1. The monoisotopic (exact) mass is 401 g/mol. The van der Waals surface area contributed by atoms with Crippen molar-refractivity contribution in [1.82, 2.24) is 24.5 Å². The van der Waals surface area contributed by atoms with E-state index in [2.05, 4.69) is 32.3 Å². The highest BCUT2D eigenvalue weighted by Crippen LogP contribution is 2.26. The van der Waals surface area contributed by atoms with E-state index in [4.69, 9.17) is 22.1 Å². The van der Waals surface area contributed by atoms with E-state index in [1.165, 1.54) is 23.1 Å². The van der Waals surface area contributed by atoms with E-state index in [1.54, 1.807) is 12.3 Å². The summed E-state index contributed by atoms with van der Waals surface area (Å²) in [6, 6.07) is 2.09. The molecule has 3 N–H and O–H groups in total. The minimum absolute atomic E-state index is 0.0613.